The Kier molecular flexibility index (Phi) is 5.18. The van der Waals surface area contributed by atoms with Gasteiger partial charge in [0.2, 0.25) is 0 Å². The quantitative estimate of drug-likeness (QED) is 0.707. The Morgan fingerprint density at radius 2 is 1.29 bits per heavy atom. The van der Waals surface area contributed by atoms with Gasteiger partial charge in [0.1, 0.15) is 0 Å². The molecule has 0 N–H and O–H groups in total. The Morgan fingerprint density at radius 1 is 0.929 bits per heavy atom. The lowest BCUT2D eigenvalue weighted by molar-refractivity contribution is 0.809. The second kappa shape index (κ2) is 5.92. The van der Waals surface area contributed by atoms with E-state index in [4.69, 9.17) is 0 Å². The van der Waals surface area contributed by atoms with Crippen LogP contribution < -0.4 is 0 Å². The average Bonchev–Trinajstić information content (AvgIpc) is 2.27. The summed E-state index contributed by atoms with van der Waals surface area (Å²) in [6.07, 6.45) is 0. The first kappa shape index (κ1) is 12.3. The molecular formula is C12H16Br2. The van der Waals surface area contributed by atoms with Crippen LogP contribution in [0.3, 0.4) is 0 Å². The maximum atomic E-state index is 3.54. The van der Waals surface area contributed by atoms with Crippen LogP contribution in [0, 0.1) is 0 Å². The van der Waals surface area contributed by atoms with Crippen LogP contribution in [0.15, 0.2) is 24.3 Å². The van der Waals surface area contributed by atoms with Gasteiger partial charge in [0.05, 0.1) is 0 Å². The van der Waals surface area contributed by atoms with E-state index in [1.165, 1.54) is 11.1 Å². The monoisotopic (exact) mass is 318 g/mol. The van der Waals surface area contributed by atoms with Crippen LogP contribution in [-0.4, -0.2) is 10.7 Å². The topological polar surface area (TPSA) is 0 Å². The van der Waals surface area contributed by atoms with E-state index in [0.29, 0.717) is 11.8 Å². The number of alkyl halides is 2. The molecule has 0 saturated carbocycles. The fourth-order valence-corrected chi connectivity index (χ4v) is 2.27. The van der Waals surface area contributed by atoms with E-state index in [1.807, 2.05) is 0 Å². The highest BCUT2D eigenvalue weighted by Gasteiger charge is 2.12. The van der Waals surface area contributed by atoms with Gasteiger partial charge in [0, 0.05) is 10.7 Å². The van der Waals surface area contributed by atoms with Crippen LogP contribution in [0.2, 0.25) is 0 Å². The molecule has 0 bridgehead atoms. The third kappa shape index (κ3) is 2.83. The lowest BCUT2D eigenvalue weighted by Gasteiger charge is -2.17. The lowest BCUT2D eigenvalue weighted by Crippen LogP contribution is -2.04. The molecule has 0 radical (unpaired) electrons. The van der Waals surface area contributed by atoms with Crippen molar-refractivity contribution in [1.29, 1.82) is 0 Å². The number of hydrogen-bond acceptors (Lipinski definition) is 0. The van der Waals surface area contributed by atoms with Crippen molar-refractivity contribution in [1.82, 2.24) is 0 Å². The van der Waals surface area contributed by atoms with Crippen LogP contribution >= 0.6 is 31.9 Å². The van der Waals surface area contributed by atoms with E-state index in [9.17, 15) is 0 Å². The van der Waals surface area contributed by atoms with E-state index in [1.54, 1.807) is 0 Å². The van der Waals surface area contributed by atoms with Gasteiger partial charge in [0.15, 0.2) is 0 Å². The summed E-state index contributed by atoms with van der Waals surface area (Å²) >= 11 is 7.09. The van der Waals surface area contributed by atoms with E-state index in [2.05, 4.69) is 70.0 Å². The minimum absolute atomic E-state index is 0.590. The number of hydrogen-bond donors (Lipinski definition) is 0. The van der Waals surface area contributed by atoms with E-state index < -0.39 is 0 Å². The molecule has 0 aliphatic carbocycles. The fraction of sp³-hybridized carbons (Fsp3) is 0.500. The molecule has 0 nitrogen and oxygen atoms in total. The number of rotatable bonds is 4. The first-order valence-corrected chi connectivity index (χ1v) is 7.15. The Hall–Kier alpha value is 0.180. The summed E-state index contributed by atoms with van der Waals surface area (Å²) < 4.78 is 0. The van der Waals surface area contributed by atoms with Crippen LogP contribution in [0.5, 0.6) is 0 Å². The van der Waals surface area contributed by atoms with Crippen molar-refractivity contribution in [2.45, 2.75) is 25.7 Å². The fourth-order valence-electron chi connectivity index (χ4n) is 1.57. The molecule has 0 spiro atoms. The highest BCUT2D eigenvalue weighted by molar-refractivity contribution is 9.09. The normalized spacial score (nSPS) is 15.1. The molecule has 0 aliphatic heterocycles. The van der Waals surface area contributed by atoms with Crippen molar-refractivity contribution < 1.29 is 0 Å². The van der Waals surface area contributed by atoms with Crippen LogP contribution in [0.25, 0.3) is 0 Å². The van der Waals surface area contributed by atoms with Gasteiger partial charge < -0.3 is 0 Å². The first-order chi connectivity index (χ1) is 6.70. The van der Waals surface area contributed by atoms with Crippen molar-refractivity contribution in [3.8, 4) is 0 Å². The Bertz CT molecular complexity index is 254. The summed E-state index contributed by atoms with van der Waals surface area (Å²) in [6, 6.07) is 8.72. The molecule has 2 unspecified atom stereocenters. The highest BCUT2D eigenvalue weighted by Crippen LogP contribution is 2.28. The predicted molar refractivity (Wildman–Crippen MR) is 70.9 cm³/mol. The Labute approximate surface area is 103 Å². The molecule has 1 rings (SSSR count). The molecule has 78 valence electrons. The molecule has 2 atom stereocenters. The molecule has 1 aromatic carbocycles. The SMILES string of the molecule is CC(CBr)c1ccccc1C(C)CBr. The van der Waals surface area contributed by atoms with Gasteiger partial charge in [-0.25, -0.2) is 0 Å². The zero-order valence-electron chi connectivity index (χ0n) is 8.63. The summed E-state index contributed by atoms with van der Waals surface area (Å²) in [5.74, 6) is 1.18. The van der Waals surface area contributed by atoms with E-state index >= 15 is 0 Å². The van der Waals surface area contributed by atoms with Gasteiger partial charge in [-0.3, -0.25) is 0 Å². The molecule has 2 heteroatoms. The zero-order valence-corrected chi connectivity index (χ0v) is 11.8. The third-order valence-electron chi connectivity index (χ3n) is 2.52. The van der Waals surface area contributed by atoms with Crippen molar-refractivity contribution in [2.24, 2.45) is 0 Å². The van der Waals surface area contributed by atoms with Gasteiger partial charge in [0.25, 0.3) is 0 Å². The second-order valence-corrected chi connectivity index (χ2v) is 5.03. The molecular weight excluding hydrogens is 304 g/mol. The van der Waals surface area contributed by atoms with Crippen molar-refractivity contribution >= 4 is 31.9 Å². The first-order valence-electron chi connectivity index (χ1n) is 4.91. The van der Waals surface area contributed by atoms with Crippen LogP contribution in [-0.2, 0) is 0 Å². The van der Waals surface area contributed by atoms with Gasteiger partial charge in [-0.15, -0.1) is 0 Å². The molecule has 1 aromatic rings. The number of benzene rings is 1. The van der Waals surface area contributed by atoms with Crippen molar-refractivity contribution in [3.05, 3.63) is 35.4 Å². The average molecular weight is 320 g/mol. The summed E-state index contributed by atoms with van der Waals surface area (Å²) in [4.78, 5) is 0. The van der Waals surface area contributed by atoms with Crippen molar-refractivity contribution in [2.75, 3.05) is 10.7 Å². The molecule has 14 heavy (non-hydrogen) atoms. The predicted octanol–water partition coefficient (Wildman–Crippen LogP) is 4.68. The van der Waals surface area contributed by atoms with Crippen LogP contribution in [0.1, 0.15) is 36.8 Å². The molecule has 0 saturated heterocycles. The molecule has 0 aromatic heterocycles. The smallest absolute Gasteiger partial charge is 0.00976 e. The van der Waals surface area contributed by atoms with Gasteiger partial charge in [-0.2, -0.15) is 0 Å². The maximum Gasteiger partial charge on any atom is 0.00976 e. The van der Waals surface area contributed by atoms with Crippen LogP contribution in [0.4, 0.5) is 0 Å². The lowest BCUT2D eigenvalue weighted by atomic mass is 9.91. The summed E-state index contributed by atoms with van der Waals surface area (Å²) in [6.45, 7) is 4.52. The third-order valence-corrected chi connectivity index (χ3v) is 4.46. The van der Waals surface area contributed by atoms with Gasteiger partial charge in [-0.1, -0.05) is 70.0 Å². The molecule has 0 heterocycles. The number of halogens is 2. The Morgan fingerprint density at radius 3 is 1.57 bits per heavy atom. The van der Waals surface area contributed by atoms with E-state index in [0.717, 1.165) is 10.7 Å². The minimum atomic E-state index is 0.590. The summed E-state index contributed by atoms with van der Waals surface area (Å²) in [7, 11) is 0. The minimum Gasteiger partial charge on any atom is -0.0922 e. The standard InChI is InChI=1S/C12H16Br2/c1-9(7-13)11-5-3-4-6-12(11)10(2)8-14/h3-6,9-10H,7-8H2,1-2H3. The summed E-state index contributed by atoms with van der Waals surface area (Å²) in [5.41, 5.74) is 2.94. The van der Waals surface area contributed by atoms with Gasteiger partial charge >= 0.3 is 0 Å². The summed E-state index contributed by atoms with van der Waals surface area (Å²) in [5, 5.41) is 2.05. The molecule has 0 aliphatic rings. The van der Waals surface area contributed by atoms with Crippen molar-refractivity contribution in [3.63, 3.8) is 0 Å². The zero-order chi connectivity index (χ0) is 10.6. The molecule has 0 fully saturated rings. The highest BCUT2D eigenvalue weighted by atomic mass is 79.9. The largest absolute Gasteiger partial charge is 0.0922 e. The second-order valence-electron chi connectivity index (χ2n) is 3.74. The Balaban J connectivity index is 3.02. The maximum absolute atomic E-state index is 3.54. The van der Waals surface area contributed by atoms with E-state index in [-0.39, 0.29) is 0 Å². The molecule has 0 amide bonds. The van der Waals surface area contributed by atoms with Gasteiger partial charge in [-0.05, 0) is 23.0 Å².